The second-order valence-electron chi connectivity index (χ2n) is 6.34. The summed E-state index contributed by atoms with van der Waals surface area (Å²) in [5.74, 6) is -0.133. The molecule has 0 saturated carbocycles. The number of hydrogen-bond donors (Lipinski definition) is 1. The van der Waals surface area contributed by atoms with Gasteiger partial charge < -0.3 is 9.73 Å². The Morgan fingerprint density at radius 3 is 2.72 bits per heavy atom. The number of nitrogens with zero attached hydrogens (tertiary/aromatic N) is 2. The van der Waals surface area contributed by atoms with Crippen molar-refractivity contribution in [3.63, 3.8) is 0 Å². The van der Waals surface area contributed by atoms with Gasteiger partial charge in [-0.15, -0.1) is 0 Å². The highest BCUT2D eigenvalue weighted by Gasteiger charge is 2.20. The molecule has 0 radical (unpaired) electrons. The highest BCUT2D eigenvalue weighted by atomic mass is 35.5. The lowest BCUT2D eigenvalue weighted by molar-refractivity contribution is -0.385. The van der Waals surface area contributed by atoms with Crippen molar-refractivity contribution in [1.29, 1.82) is 0 Å². The second-order valence-corrected chi connectivity index (χ2v) is 6.77. The van der Waals surface area contributed by atoms with Gasteiger partial charge in [-0.2, -0.15) is 0 Å². The van der Waals surface area contributed by atoms with E-state index in [0.717, 1.165) is 0 Å². The van der Waals surface area contributed by atoms with Gasteiger partial charge in [-0.05, 0) is 43.3 Å². The third-order valence-electron chi connectivity index (χ3n) is 4.50. The number of fused-ring (bicyclic) bond motifs is 1. The number of rotatable bonds is 4. The Morgan fingerprint density at radius 1 is 1.14 bits per heavy atom. The van der Waals surface area contributed by atoms with E-state index in [4.69, 9.17) is 16.0 Å². The first-order valence-corrected chi connectivity index (χ1v) is 9.02. The molecule has 4 rings (SSSR count). The summed E-state index contributed by atoms with van der Waals surface area (Å²) in [7, 11) is 0. The molecule has 1 amide bonds. The molecule has 3 aromatic carbocycles. The number of hydrogen-bond acceptors (Lipinski definition) is 5. The van der Waals surface area contributed by atoms with E-state index < -0.39 is 10.8 Å². The van der Waals surface area contributed by atoms with Crippen molar-refractivity contribution >= 4 is 40.0 Å². The van der Waals surface area contributed by atoms with Crippen molar-refractivity contribution in [2.75, 3.05) is 5.32 Å². The molecule has 8 heteroatoms. The van der Waals surface area contributed by atoms with Crippen molar-refractivity contribution in [2.45, 2.75) is 6.92 Å². The minimum Gasteiger partial charge on any atom is -0.436 e. The maximum Gasteiger partial charge on any atom is 0.273 e. The maximum atomic E-state index is 12.8. The number of anilines is 1. The van der Waals surface area contributed by atoms with E-state index in [1.54, 1.807) is 55.5 Å². The van der Waals surface area contributed by atoms with Crippen LogP contribution in [0.25, 0.3) is 22.6 Å². The van der Waals surface area contributed by atoms with Gasteiger partial charge in [0.1, 0.15) is 5.52 Å². The van der Waals surface area contributed by atoms with Gasteiger partial charge in [-0.3, -0.25) is 14.9 Å². The first kappa shape index (κ1) is 18.6. The lowest BCUT2D eigenvalue weighted by Crippen LogP contribution is -2.14. The summed E-state index contributed by atoms with van der Waals surface area (Å²) in [6.45, 7) is 1.55. The third kappa shape index (κ3) is 3.55. The number of nitro benzene ring substituents is 1. The van der Waals surface area contributed by atoms with Gasteiger partial charge in [0.05, 0.1) is 16.2 Å². The van der Waals surface area contributed by atoms with Gasteiger partial charge in [0.15, 0.2) is 5.58 Å². The molecule has 1 aromatic heterocycles. The largest absolute Gasteiger partial charge is 0.436 e. The van der Waals surface area contributed by atoms with Crippen LogP contribution in [0.4, 0.5) is 11.4 Å². The molecular formula is C21H14ClN3O4. The van der Waals surface area contributed by atoms with Crippen LogP contribution in [0.5, 0.6) is 0 Å². The molecule has 0 aliphatic heterocycles. The average Bonchev–Trinajstić information content (AvgIpc) is 3.11. The van der Waals surface area contributed by atoms with Gasteiger partial charge >= 0.3 is 0 Å². The number of oxazole rings is 1. The molecule has 4 aromatic rings. The lowest BCUT2D eigenvalue weighted by Gasteiger charge is -2.10. The fourth-order valence-electron chi connectivity index (χ4n) is 3.05. The normalized spacial score (nSPS) is 10.8. The Kier molecular flexibility index (Phi) is 4.74. The minimum atomic E-state index is -0.510. The Bertz CT molecular complexity index is 1270. The van der Waals surface area contributed by atoms with Crippen molar-refractivity contribution in [3.8, 4) is 11.5 Å². The van der Waals surface area contributed by atoms with Crippen LogP contribution in [0.2, 0.25) is 5.02 Å². The van der Waals surface area contributed by atoms with Crippen LogP contribution < -0.4 is 5.32 Å². The molecule has 0 saturated heterocycles. The first-order valence-electron chi connectivity index (χ1n) is 8.65. The van der Waals surface area contributed by atoms with Gasteiger partial charge in [0, 0.05) is 22.2 Å². The monoisotopic (exact) mass is 407 g/mol. The van der Waals surface area contributed by atoms with Crippen LogP contribution in [0.15, 0.2) is 65.1 Å². The number of para-hydroxylation sites is 1. The molecule has 1 N–H and O–H groups in total. The first-order chi connectivity index (χ1) is 13.9. The fraction of sp³-hybridized carbons (Fsp3) is 0.0476. The SMILES string of the molecule is Cc1c(C(=O)Nc2ccccc2-c2nc3cc(Cl)ccc3o2)cccc1[N+](=O)[O-]. The molecule has 1 heterocycles. The number of nitrogens with one attached hydrogen (secondary N) is 1. The molecule has 7 nitrogen and oxygen atoms in total. The Morgan fingerprint density at radius 2 is 1.93 bits per heavy atom. The number of benzene rings is 3. The van der Waals surface area contributed by atoms with E-state index in [0.29, 0.717) is 38.8 Å². The number of nitro groups is 1. The minimum absolute atomic E-state index is 0.109. The number of halogens is 1. The van der Waals surface area contributed by atoms with Crippen LogP contribution in [0.3, 0.4) is 0 Å². The Labute approximate surface area is 170 Å². The summed E-state index contributed by atoms with van der Waals surface area (Å²) in [5.41, 5.74) is 2.63. The van der Waals surface area contributed by atoms with Crippen LogP contribution in [-0.2, 0) is 0 Å². The van der Waals surface area contributed by atoms with Crippen molar-refractivity contribution in [3.05, 3.63) is 86.9 Å². The van der Waals surface area contributed by atoms with Gasteiger partial charge in [-0.1, -0.05) is 29.8 Å². The molecule has 29 heavy (non-hydrogen) atoms. The summed E-state index contributed by atoms with van der Waals surface area (Å²) < 4.78 is 5.80. The summed E-state index contributed by atoms with van der Waals surface area (Å²) in [6.07, 6.45) is 0. The average molecular weight is 408 g/mol. The quantitative estimate of drug-likeness (QED) is 0.350. The Balaban J connectivity index is 1.71. The van der Waals surface area contributed by atoms with Crippen LogP contribution >= 0.6 is 11.6 Å². The predicted octanol–water partition coefficient (Wildman–Crippen LogP) is 5.62. The number of carbonyl (C=O) groups is 1. The predicted molar refractivity (Wildman–Crippen MR) is 110 cm³/mol. The maximum absolute atomic E-state index is 12.8. The zero-order chi connectivity index (χ0) is 20.5. The molecule has 0 fully saturated rings. The molecule has 0 atom stereocenters. The molecule has 0 aliphatic rings. The van der Waals surface area contributed by atoms with Crippen LogP contribution in [0.1, 0.15) is 15.9 Å². The van der Waals surface area contributed by atoms with Crippen molar-refractivity contribution < 1.29 is 14.1 Å². The molecule has 0 unspecified atom stereocenters. The standard InChI is InChI=1S/C21H14ClN3O4/c1-12-14(6-4-8-18(12)25(27)28)20(26)23-16-7-3-2-5-15(16)21-24-17-11-13(22)9-10-19(17)29-21/h2-11H,1H3,(H,23,26). The molecule has 0 spiro atoms. The van der Waals surface area contributed by atoms with E-state index in [2.05, 4.69) is 10.3 Å². The highest BCUT2D eigenvalue weighted by molar-refractivity contribution is 6.31. The summed E-state index contributed by atoms with van der Waals surface area (Å²) in [5, 5.41) is 14.5. The molecule has 0 aliphatic carbocycles. The summed E-state index contributed by atoms with van der Waals surface area (Å²) in [4.78, 5) is 27.9. The van der Waals surface area contributed by atoms with E-state index in [1.807, 2.05) is 0 Å². The fourth-order valence-corrected chi connectivity index (χ4v) is 3.22. The van der Waals surface area contributed by atoms with Crippen molar-refractivity contribution in [1.82, 2.24) is 4.98 Å². The van der Waals surface area contributed by atoms with Gasteiger partial charge in [-0.25, -0.2) is 4.98 Å². The Hall–Kier alpha value is -3.71. The molecular weight excluding hydrogens is 394 g/mol. The lowest BCUT2D eigenvalue weighted by atomic mass is 10.1. The smallest absolute Gasteiger partial charge is 0.273 e. The zero-order valence-corrected chi connectivity index (χ0v) is 15.9. The topological polar surface area (TPSA) is 98.3 Å². The van der Waals surface area contributed by atoms with Gasteiger partial charge in [0.2, 0.25) is 5.89 Å². The summed E-state index contributed by atoms with van der Waals surface area (Å²) in [6, 6.07) is 16.5. The number of aromatic nitrogens is 1. The van der Waals surface area contributed by atoms with E-state index in [1.165, 1.54) is 12.1 Å². The summed E-state index contributed by atoms with van der Waals surface area (Å²) >= 11 is 6.01. The zero-order valence-electron chi connectivity index (χ0n) is 15.2. The number of amides is 1. The second kappa shape index (κ2) is 7.37. The van der Waals surface area contributed by atoms with Crippen LogP contribution in [-0.4, -0.2) is 15.8 Å². The number of carbonyl (C=O) groups excluding carboxylic acids is 1. The molecule has 144 valence electrons. The van der Waals surface area contributed by atoms with Crippen molar-refractivity contribution in [2.24, 2.45) is 0 Å². The van der Waals surface area contributed by atoms with Gasteiger partial charge in [0.25, 0.3) is 11.6 Å². The van der Waals surface area contributed by atoms with Crippen LogP contribution in [0, 0.1) is 17.0 Å². The third-order valence-corrected chi connectivity index (χ3v) is 4.74. The highest BCUT2D eigenvalue weighted by Crippen LogP contribution is 2.31. The molecule has 0 bridgehead atoms. The van der Waals surface area contributed by atoms with E-state index >= 15 is 0 Å². The van der Waals surface area contributed by atoms with E-state index in [-0.39, 0.29) is 11.3 Å². The van der Waals surface area contributed by atoms with E-state index in [9.17, 15) is 14.9 Å².